The topological polar surface area (TPSA) is 163 Å². The van der Waals surface area contributed by atoms with Gasteiger partial charge < -0.3 is 24.1 Å². The SMILES string of the molecule is NC1(C2(NCCO)OC(=O)CCC(=O)O2)OC(=O)CCC(=O)O1. The van der Waals surface area contributed by atoms with Gasteiger partial charge in [0.05, 0.1) is 32.3 Å². The molecule has 2 heterocycles. The number of aliphatic hydroxyl groups is 1. The van der Waals surface area contributed by atoms with Gasteiger partial charge in [0.2, 0.25) is 0 Å². The van der Waals surface area contributed by atoms with Crippen molar-refractivity contribution in [1.29, 1.82) is 0 Å². The number of esters is 4. The second-order valence-electron chi connectivity index (χ2n) is 4.83. The Hall–Kier alpha value is -2.24. The Kier molecular flexibility index (Phi) is 4.82. The molecular weight excluding hydrogens is 316 g/mol. The molecule has 2 aliphatic rings. The Balaban J connectivity index is 2.45. The summed E-state index contributed by atoms with van der Waals surface area (Å²) in [6.07, 6.45) is -1.23. The van der Waals surface area contributed by atoms with Crippen LogP contribution < -0.4 is 11.1 Å². The molecule has 11 nitrogen and oxygen atoms in total. The average molecular weight is 332 g/mol. The van der Waals surface area contributed by atoms with E-state index in [0.717, 1.165) is 0 Å². The van der Waals surface area contributed by atoms with E-state index in [1.165, 1.54) is 0 Å². The van der Waals surface area contributed by atoms with E-state index in [0.29, 0.717) is 0 Å². The molecule has 0 aromatic carbocycles. The largest absolute Gasteiger partial charge is 0.416 e. The zero-order valence-electron chi connectivity index (χ0n) is 12.0. The molecule has 2 rings (SSSR count). The van der Waals surface area contributed by atoms with Crippen LogP contribution in [0, 0.1) is 0 Å². The van der Waals surface area contributed by atoms with Crippen LogP contribution >= 0.6 is 0 Å². The highest BCUT2D eigenvalue weighted by Crippen LogP contribution is 2.32. The second kappa shape index (κ2) is 6.48. The van der Waals surface area contributed by atoms with E-state index in [-0.39, 0.29) is 32.2 Å². The summed E-state index contributed by atoms with van der Waals surface area (Å²) < 4.78 is 19.7. The minimum atomic E-state index is -2.73. The maximum atomic E-state index is 11.7. The van der Waals surface area contributed by atoms with E-state index in [2.05, 4.69) is 5.32 Å². The molecule has 0 unspecified atom stereocenters. The Morgan fingerprint density at radius 3 is 1.65 bits per heavy atom. The minimum Gasteiger partial charge on any atom is -0.401 e. The van der Waals surface area contributed by atoms with Crippen LogP contribution in [0.1, 0.15) is 25.7 Å². The van der Waals surface area contributed by atoms with E-state index in [4.69, 9.17) is 29.8 Å². The van der Waals surface area contributed by atoms with Crippen LogP contribution in [-0.4, -0.2) is 54.0 Å². The number of carbonyl (C=O) groups is 4. The first-order valence-corrected chi connectivity index (χ1v) is 6.82. The van der Waals surface area contributed by atoms with Gasteiger partial charge in [-0.2, -0.15) is 0 Å². The number of rotatable bonds is 4. The van der Waals surface area contributed by atoms with E-state index < -0.39 is 42.3 Å². The zero-order chi connectivity index (χ0) is 17.1. The highest BCUT2D eigenvalue weighted by Gasteiger charge is 2.65. The van der Waals surface area contributed by atoms with Gasteiger partial charge in [0, 0.05) is 6.54 Å². The van der Waals surface area contributed by atoms with E-state index in [1.54, 1.807) is 0 Å². The third kappa shape index (κ3) is 3.57. The average Bonchev–Trinajstić information content (AvgIpc) is 2.71. The van der Waals surface area contributed by atoms with Crippen molar-refractivity contribution in [2.75, 3.05) is 13.2 Å². The summed E-state index contributed by atoms with van der Waals surface area (Å²) in [5.74, 6) is -8.97. The summed E-state index contributed by atoms with van der Waals surface area (Å²) in [7, 11) is 0. The van der Waals surface area contributed by atoms with Gasteiger partial charge in [-0.1, -0.05) is 0 Å². The van der Waals surface area contributed by atoms with Crippen molar-refractivity contribution in [2.45, 2.75) is 37.5 Å². The lowest BCUT2D eigenvalue weighted by molar-refractivity contribution is -0.369. The van der Waals surface area contributed by atoms with Gasteiger partial charge in [-0.15, -0.1) is 0 Å². The molecule has 0 aromatic heterocycles. The number of hydrogen-bond donors (Lipinski definition) is 3. The van der Waals surface area contributed by atoms with Crippen molar-refractivity contribution in [1.82, 2.24) is 5.32 Å². The molecule has 4 N–H and O–H groups in total. The molecule has 23 heavy (non-hydrogen) atoms. The van der Waals surface area contributed by atoms with Crippen molar-refractivity contribution in [2.24, 2.45) is 5.73 Å². The number of cyclic esters (lactones) is 4. The predicted octanol–water partition coefficient (Wildman–Crippen LogP) is -2.40. The van der Waals surface area contributed by atoms with Gasteiger partial charge in [-0.05, 0) is 0 Å². The maximum absolute atomic E-state index is 11.7. The van der Waals surface area contributed by atoms with Crippen LogP contribution in [0.3, 0.4) is 0 Å². The number of carbonyl (C=O) groups excluding carboxylic acids is 4. The van der Waals surface area contributed by atoms with Gasteiger partial charge in [0.15, 0.2) is 0 Å². The molecule has 11 heteroatoms. The van der Waals surface area contributed by atoms with Gasteiger partial charge in [-0.25, -0.2) is 11.1 Å². The Morgan fingerprint density at radius 1 is 0.870 bits per heavy atom. The van der Waals surface area contributed by atoms with E-state index in [1.807, 2.05) is 0 Å². The predicted molar refractivity (Wildman–Crippen MR) is 67.6 cm³/mol. The molecule has 0 aliphatic carbocycles. The van der Waals surface area contributed by atoms with Gasteiger partial charge >= 0.3 is 35.7 Å². The number of aliphatic hydroxyl groups excluding tert-OH is 1. The minimum absolute atomic E-state index is 0.269. The fourth-order valence-electron chi connectivity index (χ4n) is 2.01. The first kappa shape index (κ1) is 17.1. The van der Waals surface area contributed by atoms with Crippen LogP contribution in [0.15, 0.2) is 0 Å². The van der Waals surface area contributed by atoms with Gasteiger partial charge in [0.25, 0.3) is 0 Å². The zero-order valence-corrected chi connectivity index (χ0v) is 12.0. The molecule has 0 radical (unpaired) electrons. The molecule has 0 spiro atoms. The summed E-state index contributed by atoms with van der Waals surface area (Å²) in [6, 6.07) is 0. The van der Waals surface area contributed by atoms with Crippen molar-refractivity contribution >= 4 is 23.9 Å². The first-order valence-electron chi connectivity index (χ1n) is 6.82. The summed E-state index contributed by atoms with van der Waals surface area (Å²) in [4.78, 5) is 46.8. The van der Waals surface area contributed by atoms with Gasteiger partial charge in [0.1, 0.15) is 0 Å². The highest BCUT2D eigenvalue weighted by molar-refractivity contribution is 5.82. The molecule has 2 aliphatic heterocycles. The van der Waals surface area contributed by atoms with Crippen LogP contribution in [0.5, 0.6) is 0 Å². The van der Waals surface area contributed by atoms with Crippen LogP contribution in [0.2, 0.25) is 0 Å². The molecule has 0 saturated carbocycles. The highest BCUT2D eigenvalue weighted by atomic mass is 16.8. The van der Waals surface area contributed by atoms with Crippen molar-refractivity contribution in [3.8, 4) is 0 Å². The number of nitrogens with one attached hydrogen (secondary N) is 1. The second-order valence-corrected chi connectivity index (χ2v) is 4.83. The Labute approximate surface area is 130 Å². The van der Waals surface area contributed by atoms with Gasteiger partial charge in [-0.3, -0.25) is 19.2 Å². The molecule has 0 bridgehead atoms. The molecular formula is C12H16N2O9. The van der Waals surface area contributed by atoms with Crippen molar-refractivity contribution < 1.29 is 43.2 Å². The molecule has 128 valence electrons. The molecule has 0 atom stereocenters. The fourth-order valence-corrected chi connectivity index (χ4v) is 2.01. The maximum Gasteiger partial charge on any atom is 0.416 e. The smallest absolute Gasteiger partial charge is 0.401 e. The number of hydrogen-bond acceptors (Lipinski definition) is 11. The molecule has 0 aromatic rings. The van der Waals surface area contributed by atoms with Crippen molar-refractivity contribution in [3.05, 3.63) is 0 Å². The Bertz CT molecular complexity index is 497. The Morgan fingerprint density at radius 2 is 1.26 bits per heavy atom. The molecule has 2 saturated heterocycles. The standard InChI is InChI=1S/C12H16N2O9/c13-11(20-7(16)1-2-8(17)21-11)12(14-5-6-15)22-9(18)3-4-10(19)23-12/h14-15H,1-6,13H2. The summed E-state index contributed by atoms with van der Waals surface area (Å²) >= 11 is 0. The third-order valence-electron chi connectivity index (χ3n) is 3.04. The molecule has 0 amide bonds. The third-order valence-corrected chi connectivity index (χ3v) is 3.04. The molecule has 2 fully saturated rings. The first-order chi connectivity index (χ1) is 10.8. The lowest BCUT2D eigenvalue weighted by Gasteiger charge is -2.41. The number of ether oxygens (including phenoxy) is 4. The summed E-state index contributed by atoms with van der Waals surface area (Å²) in [5.41, 5.74) is 5.80. The van der Waals surface area contributed by atoms with Crippen LogP contribution in [0.4, 0.5) is 0 Å². The normalized spacial score (nSPS) is 23.7. The van der Waals surface area contributed by atoms with Crippen molar-refractivity contribution in [3.63, 3.8) is 0 Å². The number of nitrogens with two attached hydrogens (primary N) is 1. The van der Waals surface area contributed by atoms with E-state index >= 15 is 0 Å². The monoisotopic (exact) mass is 332 g/mol. The van der Waals surface area contributed by atoms with Crippen LogP contribution in [-0.2, 0) is 38.1 Å². The quantitative estimate of drug-likeness (QED) is 0.470. The van der Waals surface area contributed by atoms with Crippen LogP contribution in [0.25, 0.3) is 0 Å². The summed E-state index contributed by atoms with van der Waals surface area (Å²) in [6.45, 7) is -0.733. The lowest BCUT2D eigenvalue weighted by atomic mass is 10.3. The van der Waals surface area contributed by atoms with E-state index in [9.17, 15) is 19.2 Å². The lowest BCUT2D eigenvalue weighted by Crippen LogP contribution is -2.74. The summed E-state index contributed by atoms with van der Waals surface area (Å²) in [5, 5.41) is 11.3. The fraction of sp³-hybridized carbons (Fsp3) is 0.667.